The van der Waals surface area contributed by atoms with Gasteiger partial charge in [0.1, 0.15) is 16.9 Å². The lowest BCUT2D eigenvalue weighted by atomic mass is 9.94. The van der Waals surface area contributed by atoms with Gasteiger partial charge in [-0.05, 0) is 50.3 Å². The molecule has 2 aliphatic rings. The molecule has 0 bridgehead atoms. The number of thiophene rings is 1. The number of hydrogen-bond acceptors (Lipinski definition) is 6. The average molecular weight is 441 g/mol. The van der Waals surface area contributed by atoms with Gasteiger partial charge in [-0.1, -0.05) is 12.1 Å². The van der Waals surface area contributed by atoms with Crippen molar-refractivity contribution in [3.05, 3.63) is 41.7 Å². The Labute approximate surface area is 186 Å². The number of halogens is 1. The van der Waals surface area contributed by atoms with E-state index in [9.17, 15) is 4.39 Å². The number of benzene rings is 1. The van der Waals surface area contributed by atoms with Crippen molar-refractivity contribution in [3.8, 4) is 11.1 Å². The van der Waals surface area contributed by atoms with Crippen LogP contribution in [0.2, 0.25) is 0 Å². The molecule has 0 aliphatic carbocycles. The molecule has 0 N–H and O–H groups in total. The molecule has 2 aliphatic heterocycles. The van der Waals surface area contributed by atoms with E-state index in [1.807, 2.05) is 18.3 Å². The smallest absolute Gasteiger partial charge is 0.226 e. The summed E-state index contributed by atoms with van der Waals surface area (Å²) in [6.07, 6.45) is 6.97. The van der Waals surface area contributed by atoms with Gasteiger partial charge in [0.2, 0.25) is 5.95 Å². The number of fused-ring (bicyclic) bond motifs is 1. The minimum Gasteiger partial charge on any atom is -0.363 e. The summed E-state index contributed by atoms with van der Waals surface area (Å²) >= 11 is 1.62. The van der Waals surface area contributed by atoms with Gasteiger partial charge < -0.3 is 9.64 Å². The Kier molecular flexibility index (Phi) is 6.16. The van der Waals surface area contributed by atoms with Crippen LogP contribution < -0.4 is 4.90 Å². The van der Waals surface area contributed by atoms with Crippen molar-refractivity contribution in [2.45, 2.75) is 38.8 Å². The molecular formula is C24H29FN4OS. The Morgan fingerprint density at radius 1 is 1.13 bits per heavy atom. The van der Waals surface area contributed by atoms with E-state index in [1.54, 1.807) is 11.3 Å². The van der Waals surface area contributed by atoms with Crippen LogP contribution in [0.5, 0.6) is 0 Å². The summed E-state index contributed by atoms with van der Waals surface area (Å²) in [5.74, 6) is 1.17. The SMILES string of the molecule is CCOC(C1CCN(c2ncc3c(-c4ccc(F)cc4)csc3n2)CC1)N1CCCC1. The van der Waals surface area contributed by atoms with Gasteiger partial charge in [0, 0.05) is 61.2 Å². The van der Waals surface area contributed by atoms with Gasteiger partial charge in [-0.25, -0.2) is 14.4 Å². The minimum atomic E-state index is -0.221. The topological polar surface area (TPSA) is 41.5 Å². The highest BCUT2D eigenvalue weighted by molar-refractivity contribution is 7.17. The van der Waals surface area contributed by atoms with Crippen molar-refractivity contribution in [2.24, 2.45) is 5.92 Å². The zero-order valence-electron chi connectivity index (χ0n) is 18.0. The summed E-state index contributed by atoms with van der Waals surface area (Å²) in [6, 6.07) is 6.61. The maximum absolute atomic E-state index is 13.3. The van der Waals surface area contributed by atoms with Crippen LogP contribution in [0, 0.1) is 11.7 Å². The summed E-state index contributed by atoms with van der Waals surface area (Å²) in [5, 5.41) is 3.12. The lowest BCUT2D eigenvalue weighted by molar-refractivity contribution is -0.0858. The fraction of sp³-hybridized carbons (Fsp3) is 0.500. The first-order chi connectivity index (χ1) is 15.2. The maximum atomic E-state index is 13.3. The molecule has 5 nitrogen and oxygen atoms in total. The first kappa shape index (κ1) is 20.8. The molecule has 4 heterocycles. The standard InChI is InChI=1S/C24H29FN4OS/c1-2-30-23(28-11-3-4-12-28)18-9-13-29(14-10-18)24-26-15-20-21(16-31-22(20)27-24)17-5-7-19(25)8-6-17/h5-8,15-16,18,23H,2-4,9-14H2,1H3. The third-order valence-electron chi connectivity index (χ3n) is 6.54. The number of ether oxygens (including phenoxy) is 1. The van der Waals surface area contributed by atoms with Crippen LogP contribution in [0.1, 0.15) is 32.6 Å². The zero-order chi connectivity index (χ0) is 21.2. The van der Waals surface area contributed by atoms with Gasteiger partial charge >= 0.3 is 0 Å². The number of rotatable bonds is 6. The highest BCUT2D eigenvalue weighted by atomic mass is 32.1. The van der Waals surface area contributed by atoms with Crippen LogP contribution >= 0.6 is 11.3 Å². The number of likely N-dealkylation sites (tertiary alicyclic amines) is 1. The number of anilines is 1. The van der Waals surface area contributed by atoms with E-state index in [-0.39, 0.29) is 12.0 Å². The van der Waals surface area contributed by atoms with E-state index in [4.69, 9.17) is 14.7 Å². The number of aromatic nitrogens is 2. The normalized spacial score (nSPS) is 19.4. The van der Waals surface area contributed by atoms with Crippen LogP contribution in [-0.2, 0) is 4.74 Å². The minimum absolute atomic E-state index is 0.221. The van der Waals surface area contributed by atoms with E-state index in [0.717, 1.165) is 59.8 Å². The molecule has 164 valence electrons. The molecule has 1 atom stereocenters. The Hall–Kier alpha value is -2.09. The summed E-state index contributed by atoms with van der Waals surface area (Å²) in [4.78, 5) is 15.4. The van der Waals surface area contributed by atoms with E-state index in [0.29, 0.717) is 5.92 Å². The predicted octanol–water partition coefficient (Wildman–Crippen LogP) is 5.17. The number of piperidine rings is 1. The third kappa shape index (κ3) is 4.31. The quantitative estimate of drug-likeness (QED) is 0.529. The van der Waals surface area contributed by atoms with Gasteiger partial charge in [-0.2, -0.15) is 0 Å². The van der Waals surface area contributed by atoms with E-state index in [2.05, 4.69) is 22.1 Å². The number of nitrogens with zero attached hydrogens (tertiary/aromatic N) is 4. The van der Waals surface area contributed by atoms with Gasteiger partial charge in [0.15, 0.2) is 0 Å². The van der Waals surface area contributed by atoms with Gasteiger partial charge in [0.05, 0.1) is 0 Å². The second kappa shape index (κ2) is 9.18. The largest absolute Gasteiger partial charge is 0.363 e. The second-order valence-corrected chi connectivity index (χ2v) is 9.32. The fourth-order valence-corrected chi connectivity index (χ4v) is 5.82. The summed E-state index contributed by atoms with van der Waals surface area (Å²) in [6.45, 7) is 7.13. The first-order valence-corrected chi connectivity index (χ1v) is 12.2. The summed E-state index contributed by atoms with van der Waals surface area (Å²) in [5.41, 5.74) is 2.06. The van der Waals surface area contributed by atoms with Crippen molar-refractivity contribution in [2.75, 3.05) is 37.7 Å². The third-order valence-corrected chi connectivity index (χ3v) is 7.43. The van der Waals surface area contributed by atoms with Crippen molar-refractivity contribution >= 4 is 27.5 Å². The monoisotopic (exact) mass is 440 g/mol. The molecule has 0 spiro atoms. The lowest BCUT2D eigenvalue weighted by Gasteiger charge is -2.39. The lowest BCUT2D eigenvalue weighted by Crippen LogP contribution is -2.46. The molecule has 1 aromatic carbocycles. The van der Waals surface area contributed by atoms with E-state index in [1.165, 1.54) is 38.1 Å². The molecule has 7 heteroatoms. The van der Waals surface area contributed by atoms with Crippen LogP contribution in [0.15, 0.2) is 35.8 Å². The Balaban J connectivity index is 1.29. The van der Waals surface area contributed by atoms with Crippen molar-refractivity contribution in [3.63, 3.8) is 0 Å². The van der Waals surface area contributed by atoms with Gasteiger partial charge in [0.25, 0.3) is 0 Å². The predicted molar refractivity (Wildman–Crippen MR) is 124 cm³/mol. The molecule has 0 radical (unpaired) electrons. The molecule has 31 heavy (non-hydrogen) atoms. The van der Waals surface area contributed by atoms with Crippen LogP contribution in [-0.4, -0.2) is 53.9 Å². The second-order valence-electron chi connectivity index (χ2n) is 8.46. The molecule has 2 saturated heterocycles. The molecule has 0 saturated carbocycles. The van der Waals surface area contributed by atoms with Gasteiger partial charge in [-0.15, -0.1) is 11.3 Å². The Morgan fingerprint density at radius 3 is 2.58 bits per heavy atom. The highest BCUT2D eigenvalue weighted by Crippen LogP contribution is 2.34. The van der Waals surface area contributed by atoms with Crippen LogP contribution in [0.25, 0.3) is 21.3 Å². The summed E-state index contributed by atoms with van der Waals surface area (Å²) in [7, 11) is 0. The maximum Gasteiger partial charge on any atom is 0.226 e. The van der Waals surface area contributed by atoms with Crippen molar-refractivity contribution < 1.29 is 9.13 Å². The molecule has 0 amide bonds. The highest BCUT2D eigenvalue weighted by Gasteiger charge is 2.33. The fourth-order valence-electron chi connectivity index (χ4n) is 4.91. The van der Waals surface area contributed by atoms with Gasteiger partial charge in [-0.3, -0.25) is 4.90 Å². The van der Waals surface area contributed by atoms with Crippen molar-refractivity contribution in [1.29, 1.82) is 0 Å². The zero-order valence-corrected chi connectivity index (χ0v) is 18.8. The number of hydrogen-bond donors (Lipinski definition) is 0. The van der Waals surface area contributed by atoms with E-state index < -0.39 is 0 Å². The molecule has 1 unspecified atom stereocenters. The Morgan fingerprint density at radius 2 is 1.87 bits per heavy atom. The molecule has 5 rings (SSSR count). The molecule has 3 aromatic rings. The van der Waals surface area contributed by atoms with Crippen molar-refractivity contribution in [1.82, 2.24) is 14.9 Å². The van der Waals surface area contributed by atoms with E-state index >= 15 is 0 Å². The Bertz CT molecular complexity index is 1010. The summed E-state index contributed by atoms with van der Waals surface area (Å²) < 4.78 is 19.4. The average Bonchev–Trinajstić information content (AvgIpc) is 3.48. The van der Waals surface area contributed by atoms with Crippen LogP contribution in [0.4, 0.5) is 10.3 Å². The van der Waals surface area contributed by atoms with Crippen LogP contribution in [0.3, 0.4) is 0 Å². The molecule has 2 aromatic heterocycles. The first-order valence-electron chi connectivity index (χ1n) is 11.3. The molecular weight excluding hydrogens is 411 g/mol. The molecule has 2 fully saturated rings.